The van der Waals surface area contributed by atoms with Gasteiger partial charge < -0.3 is 0 Å². The number of hydrogen-bond acceptors (Lipinski definition) is 5. The molecule has 0 aliphatic carbocycles. The molecule has 1 unspecified atom stereocenters. The smallest absolute Gasteiger partial charge is 0.252 e. The Balaban J connectivity index is 2.08. The van der Waals surface area contributed by atoms with Crippen LogP contribution in [0.4, 0.5) is 0 Å². The average Bonchev–Trinajstić information content (AvgIpc) is 2.96. The van der Waals surface area contributed by atoms with Crippen molar-refractivity contribution in [2.45, 2.75) is 30.5 Å². The van der Waals surface area contributed by atoms with Crippen molar-refractivity contribution in [2.75, 3.05) is 26.2 Å². The summed E-state index contributed by atoms with van der Waals surface area (Å²) in [5.74, 6) is 0. The van der Waals surface area contributed by atoms with Crippen molar-refractivity contribution in [1.29, 1.82) is 5.26 Å². The lowest BCUT2D eigenvalue weighted by Crippen LogP contribution is -2.50. The summed E-state index contributed by atoms with van der Waals surface area (Å²) >= 11 is 1.35. The van der Waals surface area contributed by atoms with Crippen molar-refractivity contribution in [1.82, 2.24) is 9.21 Å². The third kappa shape index (κ3) is 3.04. The van der Waals surface area contributed by atoms with Gasteiger partial charge in [-0.05, 0) is 25.5 Å². The molecule has 110 valence electrons. The molecular weight excluding hydrogens is 294 g/mol. The molecule has 0 N–H and O–H groups in total. The highest BCUT2D eigenvalue weighted by Crippen LogP contribution is 2.26. The molecule has 1 aromatic heterocycles. The molecule has 1 aliphatic rings. The summed E-state index contributed by atoms with van der Waals surface area (Å²) < 4.78 is 27.0. The summed E-state index contributed by atoms with van der Waals surface area (Å²) in [6, 6.07) is 5.61. The second-order valence-electron chi connectivity index (χ2n) is 4.82. The minimum atomic E-state index is -3.36. The van der Waals surface area contributed by atoms with Crippen molar-refractivity contribution in [3.05, 3.63) is 17.0 Å². The minimum absolute atomic E-state index is 0.159. The Kier molecular flexibility index (Phi) is 4.81. The fourth-order valence-corrected chi connectivity index (χ4v) is 5.10. The van der Waals surface area contributed by atoms with Crippen LogP contribution in [-0.2, 0) is 16.4 Å². The number of sulfonamides is 1. The Hall–Kier alpha value is -0.940. The first-order valence-electron chi connectivity index (χ1n) is 6.71. The van der Waals surface area contributed by atoms with E-state index in [-0.39, 0.29) is 6.04 Å². The first-order chi connectivity index (χ1) is 9.48. The lowest BCUT2D eigenvalue weighted by molar-refractivity contribution is 0.170. The molecule has 0 radical (unpaired) electrons. The molecule has 1 atom stereocenters. The molecule has 0 spiro atoms. The fraction of sp³-hybridized carbons (Fsp3) is 0.615. The van der Waals surface area contributed by atoms with E-state index in [9.17, 15) is 8.42 Å². The van der Waals surface area contributed by atoms with Crippen LogP contribution in [0.3, 0.4) is 0 Å². The van der Waals surface area contributed by atoms with Gasteiger partial charge in [0.15, 0.2) is 0 Å². The van der Waals surface area contributed by atoms with E-state index in [0.29, 0.717) is 30.4 Å². The first kappa shape index (κ1) is 15.4. The van der Waals surface area contributed by atoms with Gasteiger partial charge in [-0.25, -0.2) is 8.42 Å². The van der Waals surface area contributed by atoms with E-state index in [4.69, 9.17) is 5.26 Å². The highest BCUT2D eigenvalue weighted by atomic mass is 32.2. The molecule has 2 rings (SSSR count). The summed E-state index contributed by atoms with van der Waals surface area (Å²) in [7, 11) is -3.36. The van der Waals surface area contributed by atoms with Crippen LogP contribution >= 0.6 is 11.3 Å². The van der Waals surface area contributed by atoms with E-state index < -0.39 is 10.0 Å². The van der Waals surface area contributed by atoms with Gasteiger partial charge in [0, 0.05) is 31.1 Å². The van der Waals surface area contributed by atoms with Gasteiger partial charge in [0.25, 0.3) is 10.0 Å². The molecule has 1 saturated heterocycles. The van der Waals surface area contributed by atoms with E-state index in [2.05, 4.69) is 6.07 Å². The molecular formula is C13H19N3O2S2. The van der Waals surface area contributed by atoms with Gasteiger partial charge in [-0.3, -0.25) is 4.90 Å². The number of nitriles is 1. The lowest BCUT2D eigenvalue weighted by atomic mass is 10.2. The van der Waals surface area contributed by atoms with Gasteiger partial charge in [-0.15, -0.1) is 11.3 Å². The standard InChI is InChI=1S/C13H19N3O2S2/c1-3-12-4-5-13(19-12)20(17,18)16-8-6-15(7-9-16)11(2)10-14/h4-5,11H,3,6-9H2,1-2H3. The normalized spacial score (nSPS) is 19.6. The molecule has 0 bridgehead atoms. The second-order valence-corrected chi connectivity index (χ2v) is 8.15. The molecule has 0 saturated carbocycles. The van der Waals surface area contributed by atoms with Gasteiger partial charge in [0.2, 0.25) is 0 Å². The van der Waals surface area contributed by atoms with Gasteiger partial charge in [0.1, 0.15) is 4.21 Å². The Morgan fingerprint density at radius 3 is 2.50 bits per heavy atom. The summed E-state index contributed by atoms with van der Waals surface area (Å²) in [6.07, 6.45) is 0.855. The average molecular weight is 313 g/mol. The molecule has 20 heavy (non-hydrogen) atoms. The molecule has 1 aromatic rings. The van der Waals surface area contributed by atoms with Crippen LogP contribution in [0.25, 0.3) is 0 Å². The Bertz CT molecular complexity index is 595. The Morgan fingerprint density at radius 2 is 2.00 bits per heavy atom. The maximum Gasteiger partial charge on any atom is 0.252 e. The van der Waals surface area contributed by atoms with Crippen molar-refractivity contribution in [3.8, 4) is 6.07 Å². The zero-order valence-electron chi connectivity index (χ0n) is 11.7. The van der Waals surface area contributed by atoms with Crippen LogP contribution in [0.1, 0.15) is 18.7 Å². The predicted molar refractivity (Wildman–Crippen MR) is 79.1 cm³/mol. The van der Waals surface area contributed by atoms with Crippen molar-refractivity contribution >= 4 is 21.4 Å². The van der Waals surface area contributed by atoms with E-state index >= 15 is 0 Å². The molecule has 5 nitrogen and oxygen atoms in total. The lowest BCUT2D eigenvalue weighted by Gasteiger charge is -2.34. The van der Waals surface area contributed by atoms with E-state index in [1.807, 2.05) is 24.8 Å². The molecule has 2 heterocycles. The first-order valence-corrected chi connectivity index (χ1v) is 8.97. The number of nitrogens with zero attached hydrogens (tertiary/aromatic N) is 3. The summed E-state index contributed by atoms with van der Waals surface area (Å²) in [5.41, 5.74) is 0. The Morgan fingerprint density at radius 1 is 1.35 bits per heavy atom. The third-order valence-corrected chi connectivity index (χ3v) is 7.18. The molecule has 7 heteroatoms. The fourth-order valence-electron chi connectivity index (χ4n) is 2.23. The SMILES string of the molecule is CCc1ccc(S(=O)(=O)N2CCN(C(C)C#N)CC2)s1. The van der Waals surface area contributed by atoms with E-state index in [1.165, 1.54) is 15.6 Å². The number of hydrogen-bond donors (Lipinski definition) is 0. The minimum Gasteiger partial charge on any atom is -0.286 e. The topological polar surface area (TPSA) is 64.4 Å². The van der Waals surface area contributed by atoms with Crippen LogP contribution in [0.2, 0.25) is 0 Å². The molecule has 1 fully saturated rings. The summed E-state index contributed by atoms with van der Waals surface area (Å²) in [6.45, 7) is 5.99. The zero-order chi connectivity index (χ0) is 14.8. The monoisotopic (exact) mass is 313 g/mol. The number of rotatable bonds is 4. The van der Waals surface area contributed by atoms with Gasteiger partial charge >= 0.3 is 0 Å². The van der Waals surface area contributed by atoms with Crippen LogP contribution in [-0.4, -0.2) is 49.8 Å². The Labute approximate surface area is 124 Å². The largest absolute Gasteiger partial charge is 0.286 e. The second kappa shape index (κ2) is 6.22. The maximum atomic E-state index is 12.5. The van der Waals surface area contributed by atoms with E-state index in [1.54, 1.807) is 6.07 Å². The van der Waals surface area contributed by atoms with E-state index in [0.717, 1.165) is 11.3 Å². The third-order valence-electron chi connectivity index (χ3n) is 3.59. The highest BCUT2D eigenvalue weighted by molar-refractivity contribution is 7.91. The maximum absolute atomic E-state index is 12.5. The van der Waals surface area contributed by atoms with Crippen molar-refractivity contribution in [2.24, 2.45) is 0 Å². The van der Waals surface area contributed by atoms with Crippen LogP contribution in [0.5, 0.6) is 0 Å². The number of thiophene rings is 1. The molecule has 0 amide bonds. The van der Waals surface area contributed by atoms with Crippen molar-refractivity contribution in [3.63, 3.8) is 0 Å². The number of piperazine rings is 1. The summed E-state index contributed by atoms with van der Waals surface area (Å²) in [4.78, 5) is 3.10. The van der Waals surface area contributed by atoms with Crippen LogP contribution in [0, 0.1) is 11.3 Å². The highest BCUT2D eigenvalue weighted by Gasteiger charge is 2.30. The van der Waals surface area contributed by atoms with Gasteiger partial charge in [-0.2, -0.15) is 9.57 Å². The molecule has 0 aromatic carbocycles. The number of aryl methyl sites for hydroxylation is 1. The van der Waals surface area contributed by atoms with Crippen LogP contribution < -0.4 is 0 Å². The quantitative estimate of drug-likeness (QED) is 0.845. The van der Waals surface area contributed by atoms with Crippen LogP contribution in [0.15, 0.2) is 16.3 Å². The van der Waals surface area contributed by atoms with Gasteiger partial charge in [0.05, 0.1) is 12.1 Å². The van der Waals surface area contributed by atoms with Crippen molar-refractivity contribution < 1.29 is 8.42 Å². The van der Waals surface area contributed by atoms with Gasteiger partial charge in [-0.1, -0.05) is 6.92 Å². The predicted octanol–water partition coefficient (Wildman–Crippen LogP) is 1.53. The zero-order valence-corrected chi connectivity index (χ0v) is 13.4. The molecule has 1 aliphatic heterocycles. The summed E-state index contributed by atoms with van der Waals surface area (Å²) in [5, 5.41) is 8.90.